The summed E-state index contributed by atoms with van der Waals surface area (Å²) in [5, 5.41) is 113. The van der Waals surface area contributed by atoms with Crippen LogP contribution in [0.15, 0.2) is 85.1 Å². The number of nitrogens with two attached hydrogens (primary N) is 1. The van der Waals surface area contributed by atoms with Crippen LogP contribution in [-0.4, -0.2) is 192 Å². The number of nitrogens with zero attached hydrogens (tertiary/aromatic N) is 1. The van der Waals surface area contributed by atoms with E-state index in [0.717, 1.165) is 0 Å². The molecule has 0 spiro atoms. The van der Waals surface area contributed by atoms with Gasteiger partial charge in [-0.3, -0.25) is 9.59 Å². The molecular formula is C51H83N3O16. The minimum Gasteiger partial charge on any atom is -0.462 e. The maximum absolute atomic E-state index is 13.8. The van der Waals surface area contributed by atoms with Gasteiger partial charge in [0, 0.05) is 44.2 Å². The number of hydrogen-bond acceptors (Lipinski definition) is 18. The number of cyclic esters (lactones) is 1. The van der Waals surface area contributed by atoms with E-state index in [1.165, 1.54) is 0 Å². The molecule has 2 fully saturated rings. The Balaban J connectivity index is 1.93. The highest BCUT2D eigenvalue weighted by atomic mass is 16.7. The van der Waals surface area contributed by atoms with E-state index in [2.05, 4.69) is 5.32 Å². The standard InChI is InChI=1S/C51H83N3O16/c1-31-19-17-15-13-11-9-7-8-10-12-14-16-18-20-38(69-50-48(64)45(52)47(63)34(4)68-50)28-42-44(49(65)53-23-24-54(5)6)41(60)30-51(66,70-42)29-40(59)39(58)22-21-35(55)25-36(56)26-37(57)27-43(61)67-33(3)32(2)46(31)62/h7-20,31-42,44-48,50,55-60,62-64,66H,21-30,52H2,1-6H3,(H,53,65)/b8-7+,11-9+,12-10+,15-13+,16-14+,19-17+,20-18+/t31-,32-,33-,34+,35+,36?,37+,38-,39?,40+,41-,42?,44+,45-,46+,47+,48-,50-,51+/m0/s1. The van der Waals surface area contributed by atoms with E-state index >= 15 is 0 Å². The van der Waals surface area contributed by atoms with E-state index in [4.69, 9.17) is 24.7 Å². The number of rotatable bonds is 6. The van der Waals surface area contributed by atoms with Crippen molar-refractivity contribution < 1.29 is 79.6 Å². The summed E-state index contributed by atoms with van der Waals surface area (Å²) >= 11 is 0. The summed E-state index contributed by atoms with van der Waals surface area (Å²) in [6.45, 7) is 7.50. The molecule has 13 N–H and O–H groups in total. The van der Waals surface area contributed by atoms with Crippen molar-refractivity contribution >= 4 is 11.9 Å². The maximum atomic E-state index is 13.8. The van der Waals surface area contributed by atoms with E-state index in [1.807, 2.05) is 68.5 Å². The lowest BCUT2D eigenvalue weighted by atomic mass is 9.82. The lowest BCUT2D eigenvalue weighted by Gasteiger charge is -2.46. The third-order valence-corrected chi connectivity index (χ3v) is 12.9. The fourth-order valence-corrected chi connectivity index (χ4v) is 8.50. The average molecular weight is 994 g/mol. The van der Waals surface area contributed by atoms with Crippen LogP contribution < -0.4 is 11.1 Å². The van der Waals surface area contributed by atoms with Crippen molar-refractivity contribution in [3.8, 4) is 0 Å². The van der Waals surface area contributed by atoms with Crippen LogP contribution >= 0.6 is 0 Å². The zero-order chi connectivity index (χ0) is 52.1. The topological polar surface area (TPSA) is 315 Å². The van der Waals surface area contributed by atoms with Crippen LogP contribution in [-0.2, 0) is 28.5 Å². The zero-order valence-electron chi connectivity index (χ0n) is 41.5. The van der Waals surface area contributed by atoms with Crippen molar-refractivity contribution in [2.45, 2.75) is 177 Å². The molecule has 19 nitrogen and oxygen atoms in total. The summed E-state index contributed by atoms with van der Waals surface area (Å²) in [6, 6.07) is -1.13. The number of esters is 1. The van der Waals surface area contributed by atoms with Gasteiger partial charge in [0.25, 0.3) is 0 Å². The molecular weight excluding hydrogens is 911 g/mol. The van der Waals surface area contributed by atoms with Crippen molar-refractivity contribution in [2.75, 3.05) is 27.2 Å². The van der Waals surface area contributed by atoms with E-state index < -0.39 is 140 Å². The van der Waals surface area contributed by atoms with Gasteiger partial charge in [0.15, 0.2) is 12.1 Å². The molecule has 3 aliphatic rings. The molecule has 0 aliphatic carbocycles. The predicted molar refractivity (Wildman–Crippen MR) is 261 cm³/mol. The van der Waals surface area contributed by atoms with Gasteiger partial charge in [-0.1, -0.05) is 98.9 Å². The van der Waals surface area contributed by atoms with Gasteiger partial charge in [-0.15, -0.1) is 0 Å². The number of carbonyl (C=O) groups excluding carboxylic acids is 2. The second-order valence-corrected chi connectivity index (χ2v) is 19.3. The van der Waals surface area contributed by atoms with Crippen molar-refractivity contribution in [3.05, 3.63) is 85.1 Å². The first kappa shape index (κ1) is 60.8. The lowest BCUT2D eigenvalue weighted by molar-refractivity contribution is -0.308. The van der Waals surface area contributed by atoms with Crippen molar-refractivity contribution in [3.63, 3.8) is 0 Å². The number of allylic oxidation sites excluding steroid dienone is 12. The SMILES string of the molecule is C[C@@H]1[C@H](O)[C@@H](C)/C=C/C=C/C=C/C=C/C=C/C=C/C=C/[C@H](O[C@@H]2O[C@H](C)[C@@H](O)[C@H](N)[C@@H]2O)CC2O[C@](O)(C[C@@H](O)C(O)CC[C@@H](O)CC(O)C[C@@H](O)CC(=O)O[C@H]1C)C[C@H](O)[C@H]2C(=O)NCCN(C)C. The number of amides is 1. The molecule has 2 saturated heterocycles. The molecule has 3 unspecified atom stereocenters. The molecule has 0 aromatic heterocycles. The largest absolute Gasteiger partial charge is 0.462 e. The van der Waals surface area contributed by atoms with Crippen LogP contribution in [0.3, 0.4) is 0 Å². The monoisotopic (exact) mass is 994 g/mol. The molecule has 3 aliphatic heterocycles. The minimum atomic E-state index is -2.29. The van der Waals surface area contributed by atoms with Crippen molar-refractivity contribution in [1.82, 2.24) is 10.2 Å². The van der Waals surface area contributed by atoms with Crippen LogP contribution in [0.2, 0.25) is 0 Å². The zero-order valence-corrected chi connectivity index (χ0v) is 41.5. The Labute approximate surface area is 413 Å². The predicted octanol–water partition coefficient (Wildman–Crippen LogP) is 0.305. The molecule has 3 rings (SSSR count). The van der Waals surface area contributed by atoms with Gasteiger partial charge in [-0.05, 0) is 53.6 Å². The molecule has 19 heteroatoms. The highest BCUT2D eigenvalue weighted by Gasteiger charge is 2.51. The summed E-state index contributed by atoms with van der Waals surface area (Å²) < 4.78 is 23.7. The summed E-state index contributed by atoms with van der Waals surface area (Å²) in [7, 11) is 3.65. The quantitative estimate of drug-likeness (QED) is 0.159. The Kier molecular flexibility index (Phi) is 26.5. The normalized spacial score (nSPS) is 43.1. The third kappa shape index (κ3) is 20.9. The summed E-state index contributed by atoms with van der Waals surface area (Å²) in [5.41, 5.74) is 6.11. The summed E-state index contributed by atoms with van der Waals surface area (Å²) in [4.78, 5) is 28.3. The average Bonchev–Trinajstić information content (AvgIpc) is 3.27. The fourth-order valence-electron chi connectivity index (χ4n) is 8.50. The molecule has 398 valence electrons. The number of nitrogens with one attached hydrogen (secondary N) is 1. The van der Waals surface area contributed by atoms with Crippen LogP contribution in [0.4, 0.5) is 0 Å². The molecule has 2 bridgehead atoms. The van der Waals surface area contributed by atoms with Crippen LogP contribution in [0, 0.1) is 17.8 Å². The van der Waals surface area contributed by atoms with Gasteiger partial charge < -0.3 is 86.0 Å². The second-order valence-electron chi connectivity index (χ2n) is 19.3. The van der Waals surface area contributed by atoms with Crippen LogP contribution in [0.5, 0.6) is 0 Å². The first-order chi connectivity index (χ1) is 33.0. The highest BCUT2D eigenvalue weighted by molar-refractivity contribution is 5.80. The van der Waals surface area contributed by atoms with Gasteiger partial charge in [0.05, 0.1) is 85.5 Å². The Morgan fingerprint density at radius 2 is 1.27 bits per heavy atom. The fraction of sp³-hybridized carbons (Fsp3) is 0.686. The van der Waals surface area contributed by atoms with Gasteiger partial charge in [-0.2, -0.15) is 0 Å². The summed E-state index contributed by atoms with van der Waals surface area (Å²) in [6.07, 6.45) is 4.94. The van der Waals surface area contributed by atoms with Gasteiger partial charge in [-0.25, -0.2) is 0 Å². The third-order valence-electron chi connectivity index (χ3n) is 12.9. The lowest BCUT2D eigenvalue weighted by Crippen LogP contribution is -2.62. The van der Waals surface area contributed by atoms with Gasteiger partial charge >= 0.3 is 5.97 Å². The number of aliphatic hydroxyl groups is 10. The van der Waals surface area contributed by atoms with Gasteiger partial charge in [0.1, 0.15) is 12.2 Å². The number of likely N-dealkylation sites (N-methyl/N-ethyl adjacent to an activating group) is 1. The van der Waals surface area contributed by atoms with E-state index in [9.17, 15) is 60.7 Å². The van der Waals surface area contributed by atoms with E-state index in [0.29, 0.717) is 6.54 Å². The second kappa shape index (κ2) is 30.5. The molecule has 0 saturated carbocycles. The molecule has 0 aromatic rings. The number of fused-ring (bicyclic) bond motifs is 2. The van der Waals surface area contributed by atoms with Crippen LogP contribution in [0.25, 0.3) is 0 Å². The van der Waals surface area contributed by atoms with Crippen molar-refractivity contribution in [1.29, 1.82) is 0 Å². The number of aliphatic hydroxyl groups excluding tert-OH is 9. The van der Waals surface area contributed by atoms with Crippen molar-refractivity contribution in [2.24, 2.45) is 23.5 Å². The maximum Gasteiger partial charge on any atom is 0.308 e. The molecule has 3 heterocycles. The molecule has 0 radical (unpaired) electrons. The molecule has 0 aromatic carbocycles. The smallest absolute Gasteiger partial charge is 0.308 e. The Bertz CT molecular complexity index is 1770. The minimum absolute atomic E-state index is 0.119. The Hall–Kier alpha value is -3.48. The number of ether oxygens (including phenoxy) is 4. The van der Waals surface area contributed by atoms with E-state index in [-0.39, 0.29) is 44.6 Å². The first-order valence-corrected chi connectivity index (χ1v) is 24.4. The number of carbonyl (C=O) groups is 2. The van der Waals surface area contributed by atoms with E-state index in [1.54, 1.807) is 63.3 Å². The Morgan fingerprint density at radius 1 is 0.714 bits per heavy atom. The van der Waals surface area contributed by atoms with Gasteiger partial charge in [0.2, 0.25) is 5.91 Å². The number of hydrogen-bond donors (Lipinski definition) is 12. The molecule has 19 atom stereocenters. The highest BCUT2D eigenvalue weighted by Crippen LogP contribution is 2.38. The molecule has 1 amide bonds. The first-order valence-electron chi connectivity index (χ1n) is 24.4. The molecule has 70 heavy (non-hydrogen) atoms. The summed E-state index contributed by atoms with van der Waals surface area (Å²) in [5.74, 6) is -5.60. The Morgan fingerprint density at radius 3 is 1.87 bits per heavy atom. The van der Waals surface area contributed by atoms with Crippen LogP contribution in [0.1, 0.15) is 79.1 Å².